The maximum Gasteiger partial charge on any atom is 0.269 e. The maximum atomic E-state index is 13.5. The second-order valence-corrected chi connectivity index (χ2v) is 8.31. The average molecular weight is 443 g/mol. The Kier molecular flexibility index (Phi) is 6.08. The van der Waals surface area contributed by atoms with Gasteiger partial charge in [-0.25, -0.2) is 0 Å². The maximum absolute atomic E-state index is 13.5. The van der Waals surface area contributed by atoms with Gasteiger partial charge in [-0.3, -0.25) is 24.6 Å². The number of carbonyl (C=O) groups is 2. The lowest BCUT2D eigenvalue weighted by molar-refractivity contribution is -0.384. The number of nitro benzene ring substituents is 1. The zero-order chi connectivity index (χ0) is 22.0. The van der Waals surface area contributed by atoms with E-state index in [2.05, 4.69) is 10.6 Å². The normalized spacial score (nSPS) is 19.2. The number of amides is 2. The number of anilines is 2. The summed E-state index contributed by atoms with van der Waals surface area (Å²) in [6.45, 7) is -0.0511. The van der Waals surface area contributed by atoms with Gasteiger partial charge in [-0.1, -0.05) is 36.9 Å². The molecule has 8 nitrogen and oxygen atoms in total. The fourth-order valence-electron chi connectivity index (χ4n) is 4.29. The molecule has 0 spiro atoms. The molecule has 1 aliphatic heterocycles. The molecule has 1 saturated carbocycles. The van der Waals surface area contributed by atoms with Gasteiger partial charge in [0.1, 0.15) is 6.04 Å². The molecule has 2 aromatic rings. The lowest BCUT2D eigenvalue weighted by Gasteiger charge is -2.32. The van der Waals surface area contributed by atoms with E-state index in [-0.39, 0.29) is 30.1 Å². The molecule has 1 unspecified atom stereocenters. The zero-order valence-corrected chi connectivity index (χ0v) is 17.6. The summed E-state index contributed by atoms with van der Waals surface area (Å²) in [6.07, 6.45) is 4.97. The molecule has 2 aliphatic rings. The predicted molar refractivity (Wildman–Crippen MR) is 118 cm³/mol. The van der Waals surface area contributed by atoms with Crippen LogP contribution in [0.3, 0.4) is 0 Å². The Labute approximate surface area is 184 Å². The van der Waals surface area contributed by atoms with E-state index >= 15 is 0 Å². The Morgan fingerprint density at radius 1 is 1.16 bits per heavy atom. The zero-order valence-electron chi connectivity index (χ0n) is 16.8. The molecule has 2 aromatic carbocycles. The van der Waals surface area contributed by atoms with Crippen LogP contribution in [0.15, 0.2) is 42.5 Å². The van der Waals surface area contributed by atoms with Crippen LogP contribution in [0.25, 0.3) is 0 Å². The van der Waals surface area contributed by atoms with E-state index in [9.17, 15) is 19.7 Å². The van der Waals surface area contributed by atoms with Crippen LogP contribution in [0.5, 0.6) is 0 Å². The number of fused-ring (bicyclic) bond motifs is 1. The van der Waals surface area contributed by atoms with Crippen molar-refractivity contribution in [2.75, 3.05) is 16.8 Å². The number of rotatable bonds is 4. The third-order valence-corrected chi connectivity index (χ3v) is 6.02. The van der Waals surface area contributed by atoms with Gasteiger partial charge in [0, 0.05) is 40.1 Å². The van der Waals surface area contributed by atoms with Crippen LogP contribution in [0, 0.1) is 10.1 Å². The van der Waals surface area contributed by atoms with Gasteiger partial charge < -0.3 is 10.6 Å². The number of hydrogen-bond acceptors (Lipinski definition) is 5. The molecule has 9 heteroatoms. The summed E-state index contributed by atoms with van der Waals surface area (Å²) in [5, 5.41) is 17.9. The Hall–Kier alpha value is -3.13. The molecule has 1 fully saturated rings. The monoisotopic (exact) mass is 442 g/mol. The average Bonchev–Trinajstić information content (AvgIpc) is 2.90. The van der Waals surface area contributed by atoms with Gasteiger partial charge in [0.15, 0.2) is 0 Å². The number of non-ortho nitro benzene ring substituents is 1. The van der Waals surface area contributed by atoms with Crippen molar-refractivity contribution >= 4 is 40.5 Å². The van der Waals surface area contributed by atoms with Gasteiger partial charge in [0.2, 0.25) is 11.8 Å². The molecule has 2 N–H and O–H groups in total. The Bertz CT molecular complexity index is 1020. The Balaban J connectivity index is 1.81. The first kappa shape index (κ1) is 21.1. The first-order valence-corrected chi connectivity index (χ1v) is 10.7. The minimum absolute atomic E-state index is 0.0240. The smallest absolute Gasteiger partial charge is 0.269 e. The van der Waals surface area contributed by atoms with Gasteiger partial charge in [-0.15, -0.1) is 0 Å². The molecule has 0 bridgehead atoms. The van der Waals surface area contributed by atoms with E-state index in [1.165, 1.54) is 17.0 Å². The third kappa shape index (κ3) is 4.49. The van der Waals surface area contributed by atoms with Crippen molar-refractivity contribution in [1.29, 1.82) is 0 Å². The minimum Gasteiger partial charge on any atom is -0.376 e. The van der Waals surface area contributed by atoms with Crippen LogP contribution < -0.4 is 15.5 Å². The minimum atomic E-state index is -1.06. The number of nitrogens with one attached hydrogen (secondary N) is 2. The second kappa shape index (κ2) is 8.93. The van der Waals surface area contributed by atoms with Crippen LogP contribution in [-0.4, -0.2) is 29.3 Å². The van der Waals surface area contributed by atoms with E-state index in [1.54, 1.807) is 30.3 Å². The molecule has 162 valence electrons. The summed E-state index contributed by atoms with van der Waals surface area (Å²) >= 11 is 6.16. The number of nitrogens with zero attached hydrogens (tertiary/aromatic N) is 2. The largest absolute Gasteiger partial charge is 0.376 e. The van der Waals surface area contributed by atoms with Crippen molar-refractivity contribution < 1.29 is 14.5 Å². The molecule has 1 aliphatic carbocycles. The number of halogens is 1. The molecule has 1 atom stereocenters. The summed E-state index contributed by atoms with van der Waals surface area (Å²) < 4.78 is 0. The quantitative estimate of drug-likeness (QED) is 0.545. The summed E-state index contributed by atoms with van der Waals surface area (Å²) in [4.78, 5) is 39.0. The number of benzene rings is 2. The van der Waals surface area contributed by atoms with Crippen LogP contribution in [0.2, 0.25) is 5.02 Å². The molecular formula is C22H23ClN4O4. The van der Waals surface area contributed by atoms with Gasteiger partial charge in [-0.05, 0) is 37.1 Å². The van der Waals surface area contributed by atoms with Crippen molar-refractivity contribution in [3.05, 3.63) is 63.2 Å². The highest BCUT2D eigenvalue weighted by molar-refractivity contribution is 6.31. The number of carbonyl (C=O) groups excluding carboxylic acids is 2. The van der Waals surface area contributed by atoms with Crippen LogP contribution in [-0.2, 0) is 9.59 Å². The van der Waals surface area contributed by atoms with E-state index in [0.29, 0.717) is 22.0 Å². The lowest BCUT2D eigenvalue weighted by Crippen LogP contribution is -2.47. The van der Waals surface area contributed by atoms with Crippen molar-refractivity contribution in [2.45, 2.75) is 44.2 Å². The summed E-state index contributed by atoms with van der Waals surface area (Å²) in [7, 11) is 0. The summed E-state index contributed by atoms with van der Waals surface area (Å²) in [6, 6.07) is 9.94. The van der Waals surface area contributed by atoms with E-state index in [0.717, 1.165) is 32.1 Å². The van der Waals surface area contributed by atoms with E-state index < -0.39 is 11.0 Å². The van der Waals surface area contributed by atoms with Crippen LogP contribution >= 0.6 is 11.6 Å². The second-order valence-electron chi connectivity index (χ2n) is 7.87. The first-order chi connectivity index (χ1) is 14.9. The fourth-order valence-corrected chi connectivity index (χ4v) is 4.48. The number of nitro groups is 1. The highest BCUT2D eigenvalue weighted by Gasteiger charge is 2.38. The third-order valence-electron chi connectivity index (χ3n) is 5.78. The van der Waals surface area contributed by atoms with Gasteiger partial charge in [0.25, 0.3) is 5.69 Å². The summed E-state index contributed by atoms with van der Waals surface area (Å²) in [5.41, 5.74) is 1.22. The standard InChI is InChI=1S/C22H23ClN4O4/c23-14-5-4-8-16(11-14)26-20(28)13-24-19-10-9-17(27(30)31)12-18(19)21(26)22(29)25-15-6-2-1-3-7-15/h4-5,8-12,15,21,24H,1-3,6-7,13H2,(H,25,29). The molecule has 0 radical (unpaired) electrons. The highest BCUT2D eigenvalue weighted by Crippen LogP contribution is 2.37. The van der Waals surface area contributed by atoms with E-state index in [4.69, 9.17) is 11.6 Å². The lowest BCUT2D eigenvalue weighted by atomic mass is 9.94. The van der Waals surface area contributed by atoms with Gasteiger partial charge in [-0.2, -0.15) is 0 Å². The first-order valence-electron chi connectivity index (χ1n) is 10.3. The van der Waals surface area contributed by atoms with Crippen molar-refractivity contribution in [1.82, 2.24) is 5.32 Å². The Morgan fingerprint density at radius 3 is 2.65 bits per heavy atom. The molecule has 0 aromatic heterocycles. The number of hydrogen-bond donors (Lipinski definition) is 2. The SMILES string of the molecule is O=C(NC1CCCCC1)C1c2cc([N+](=O)[O-])ccc2NCC(=O)N1c1cccc(Cl)c1. The van der Waals surface area contributed by atoms with Gasteiger partial charge >= 0.3 is 0 Å². The van der Waals surface area contributed by atoms with Crippen molar-refractivity contribution in [3.8, 4) is 0 Å². The topological polar surface area (TPSA) is 105 Å². The molecule has 31 heavy (non-hydrogen) atoms. The molecule has 2 amide bonds. The molecule has 1 heterocycles. The van der Waals surface area contributed by atoms with Crippen LogP contribution in [0.4, 0.5) is 17.1 Å². The van der Waals surface area contributed by atoms with Crippen molar-refractivity contribution in [3.63, 3.8) is 0 Å². The molecule has 0 saturated heterocycles. The Morgan fingerprint density at radius 2 is 1.94 bits per heavy atom. The van der Waals surface area contributed by atoms with E-state index in [1.807, 2.05) is 0 Å². The van der Waals surface area contributed by atoms with Crippen LogP contribution in [0.1, 0.15) is 43.7 Å². The summed E-state index contributed by atoms with van der Waals surface area (Å²) in [5.74, 6) is -0.685. The molecular weight excluding hydrogens is 420 g/mol. The highest BCUT2D eigenvalue weighted by atomic mass is 35.5. The molecule has 4 rings (SSSR count). The fraction of sp³-hybridized carbons (Fsp3) is 0.364. The predicted octanol–water partition coefficient (Wildman–Crippen LogP) is 4.20. The van der Waals surface area contributed by atoms with Gasteiger partial charge in [0.05, 0.1) is 11.5 Å². The van der Waals surface area contributed by atoms with Crippen molar-refractivity contribution in [2.24, 2.45) is 0 Å².